The third kappa shape index (κ3) is 2.75. The maximum Gasteiger partial charge on any atom is 0.200 e. The second kappa shape index (κ2) is 6.42. The summed E-state index contributed by atoms with van der Waals surface area (Å²) < 4.78 is 78.5. The Bertz CT molecular complexity index is 812. The molecule has 2 aromatic rings. The van der Waals surface area contributed by atoms with Gasteiger partial charge in [0.1, 0.15) is 5.69 Å². The maximum atomic E-state index is 14.0. The quantitative estimate of drug-likeness (QED) is 0.470. The van der Waals surface area contributed by atoms with Crippen LogP contribution < -0.4 is 14.4 Å². The molecule has 1 aliphatic rings. The van der Waals surface area contributed by atoms with Crippen molar-refractivity contribution in [3.05, 3.63) is 52.3 Å². The molecule has 0 aromatic heterocycles. The highest BCUT2D eigenvalue weighted by Crippen LogP contribution is 2.37. The highest BCUT2D eigenvalue weighted by molar-refractivity contribution is 5.55. The maximum absolute atomic E-state index is 14.0. The molecule has 3 nitrogen and oxygen atoms in total. The standard InChI is InChI=1S/C17H14F5NO2/c1-24-10-5-8-3-4-23(7-9(8)6-11(10)25-2)17-15(21)13(19)12(18)14(20)16(17)22/h5-6H,3-4,7H2,1-2H3. The SMILES string of the molecule is COc1cc2c(cc1OC)CN(c1c(F)c(F)c(F)c(F)c1F)CC2. The first kappa shape index (κ1) is 17.3. The topological polar surface area (TPSA) is 21.7 Å². The molecule has 0 bridgehead atoms. The highest BCUT2D eigenvalue weighted by Gasteiger charge is 2.31. The lowest BCUT2D eigenvalue weighted by Crippen LogP contribution is -2.32. The van der Waals surface area contributed by atoms with Crippen molar-refractivity contribution in [2.45, 2.75) is 13.0 Å². The van der Waals surface area contributed by atoms with Gasteiger partial charge in [0.15, 0.2) is 34.8 Å². The van der Waals surface area contributed by atoms with Crippen LogP contribution in [0.5, 0.6) is 11.5 Å². The van der Waals surface area contributed by atoms with E-state index in [1.54, 1.807) is 12.1 Å². The number of rotatable bonds is 3. The fraction of sp³-hybridized carbons (Fsp3) is 0.294. The Kier molecular flexibility index (Phi) is 4.45. The normalized spacial score (nSPS) is 13.6. The van der Waals surface area contributed by atoms with Gasteiger partial charge in [0.05, 0.1) is 14.2 Å². The number of halogens is 5. The van der Waals surface area contributed by atoms with Crippen LogP contribution in [-0.4, -0.2) is 20.8 Å². The summed E-state index contributed by atoms with van der Waals surface area (Å²) in [6, 6.07) is 3.37. The fourth-order valence-electron chi connectivity index (χ4n) is 2.94. The molecule has 0 radical (unpaired) electrons. The van der Waals surface area contributed by atoms with Gasteiger partial charge in [0, 0.05) is 13.1 Å². The van der Waals surface area contributed by atoms with E-state index in [0.717, 1.165) is 10.5 Å². The van der Waals surface area contributed by atoms with Crippen molar-refractivity contribution in [3.8, 4) is 11.5 Å². The average molecular weight is 359 g/mol. The number of benzene rings is 2. The second-order valence-electron chi connectivity index (χ2n) is 5.57. The average Bonchev–Trinajstić information content (AvgIpc) is 2.63. The van der Waals surface area contributed by atoms with E-state index in [2.05, 4.69) is 0 Å². The van der Waals surface area contributed by atoms with Crippen molar-refractivity contribution in [1.82, 2.24) is 0 Å². The Morgan fingerprint density at radius 2 is 1.24 bits per heavy atom. The number of hydrogen-bond donors (Lipinski definition) is 0. The third-order valence-corrected chi connectivity index (χ3v) is 4.22. The molecule has 1 aliphatic heterocycles. The number of hydrogen-bond acceptors (Lipinski definition) is 3. The molecular formula is C17H14F5NO2. The van der Waals surface area contributed by atoms with Gasteiger partial charge in [-0.05, 0) is 29.7 Å². The van der Waals surface area contributed by atoms with E-state index < -0.39 is 34.8 Å². The Morgan fingerprint density at radius 1 is 0.760 bits per heavy atom. The van der Waals surface area contributed by atoms with E-state index in [0.29, 0.717) is 23.5 Å². The Labute approximate surface area is 140 Å². The van der Waals surface area contributed by atoms with Gasteiger partial charge in [-0.3, -0.25) is 0 Å². The molecule has 0 unspecified atom stereocenters. The summed E-state index contributed by atoms with van der Waals surface area (Å²) in [5.41, 5.74) is 0.599. The van der Waals surface area contributed by atoms with Crippen LogP contribution in [0.25, 0.3) is 0 Å². The smallest absolute Gasteiger partial charge is 0.200 e. The molecule has 134 valence electrons. The highest BCUT2D eigenvalue weighted by atomic mass is 19.2. The van der Waals surface area contributed by atoms with Gasteiger partial charge in [-0.2, -0.15) is 0 Å². The molecule has 0 saturated heterocycles. The van der Waals surface area contributed by atoms with Gasteiger partial charge in [-0.1, -0.05) is 0 Å². The minimum atomic E-state index is -2.16. The molecular weight excluding hydrogens is 345 g/mol. The van der Waals surface area contributed by atoms with Crippen LogP contribution in [0.1, 0.15) is 11.1 Å². The molecule has 0 saturated carbocycles. The Balaban J connectivity index is 2.04. The molecule has 0 aliphatic carbocycles. The Hall–Kier alpha value is -2.51. The number of methoxy groups -OCH3 is 2. The van der Waals surface area contributed by atoms with Gasteiger partial charge >= 0.3 is 0 Å². The first-order valence-corrected chi connectivity index (χ1v) is 7.39. The van der Waals surface area contributed by atoms with Crippen LogP contribution in [0, 0.1) is 29.1 Å². The molecule has 0 amide bonds. The second-order valence-corrected chi connectivity index (χ2v) is 5.57. The van der Waals surface area contributed by atoms with Gasteiger partial charge in [0.25, 0.3) is 0 Å². The summed E-state index contributed by atoms with van der Waals surface area (Å²) >= 11 is 0. The molecule has 8 heteroatoms. The van der Waals surface area contributed by atoms with Gasteiger partial charge in [-0.25, -0.2) is 22.0 Å². The summed E-state index contributed by atoms with van der Waals surface area (Å²) in [7, 11) is 2.92. The van der Waals surface area contributed by atoms with E-state index >= 15 is 0 Å². The van der Waals surface area contributed by atoms with E-state index in [9.17, 15) is 22.0 Å². The first-order chi connectivity index (χ1) is 11.9. The van der Waals surface area contributed by atoms with Crippen LogP contribution in [0.15, 0.2) is 12.1 Å². The predicted molar refractivity (Wildman–Crippen MR) is 80.5 cm³/mol. The number of anilines is 1. The van der Waals surface area contributed by atoms with E-state index in [1.165, 1.54) is 14.2 Å². The van der Waals surface area contributed by atoms with E-state index in [1.807, 2.05) is 0 Å². The fourth-order valence-corrected chi connectivity index (χ4v) is 2.94. The molecule has 0 N–H and O–H groups in total. The molecule has 1 heterocycles. The van der Waals surface area contributed by atoms with Crippen molar-refractivity contribution in [2.24, 2.45) is 0 Å². The number of fused-ring (bicyclic) bond motifs is 1. The minimum Gasteiger partial charge on any atom is -0.493 e. The van der Waals surface area contributed by atoms with Crippen LogP contribution in [0.4, 0.5) is 27.6 Å². The minimum absolute atomic E-state index is 0.0198. The number of nitrogens with zero attached hydrogens (tertiary/aromatic N) is 1. The van der Waals surface area contributed by atoms with Crippen molar-refractivity contribution >= 4 is 5.69 Å². The largest absolute Gasteiger partial charge is 0.493 e. The summed E-state index contributed by atoms with van der Waals surface area (Å²) in [6.45, 7) is 0.0782. The van der Waals surface area contributed by atoms with Crippen molar-refractivity contribution in [3.63, 3.8) is 0 Å². The zero-order chi connectivity index (χ0) is 18.3. The summed E-state index contributed by atoms with van der Waals surface area (Å²) in [5.74, 6) is -8.81. The predicted octanol–water partition coefficient (Wildman–Crippen LogP) is 3.96. The molecule has 25 heavy (non-hydrogen) atoms. The lowest BCUT2D eigenvalue weighted by molar-refractivity contribution is 0.353. The van der Waals surface area contributed by atoms with Crippen molar-refractivity contribution in [1.29, 1.82) is 0 Å². The monoisotopic (exact) mass is 359 g/mol. The molecule has 0 atom stereocenters. The van der Waals surface area contributed by atoms with Gasteiger partial charge < -0.3 is 14.4 Å². The lowest BCUT2D eigenvalue weighted by Gasteiger charge is -2.32. The lowest BCUT2D eigenvalue weighted by atomic mass is 9.98. The van der Waals surface area contributed by atoms with Crippen LogP contribution in [0.2, 0.25) is 0 Å². The molecule has 2 aromatic carbocycles. The van der Waals surface area contributed by atoms with Crippen molar-refractivity contribution < 1.29 is 31.4 Å². The zero-order valence-corrected chi connectivity index (χ0v) is 13.4. The first-order valence-electron chi connectivity index (χ1n) is 7.39. The molecule has 0 fully saturated rings. The van der Waals surface area contributed by atoms with Gasteiger partial charge in [-0.15, -0.1) is 0 Å². The van der Waals surface area contributed by atoms with Gasteiger partial charge in [0.2, 0.25) is 5.82 Å². The summed E-state index contributed by atoms with van der Waals surface area (Å²) in [4.78, 5) is 1.13. The van der Waals surface area contributed by atoms with E-state index in [4.69, 9.17) is 9.47 Å². The molecule has 0 spiro atoms. The Morgan fingerprint density at radius 3 is 1.76 bits per heavy atom. The molecule has 3 rings (SSSR count). The third-order valence-electron chi connectivity index (χ3n) is 4.22. The summed E-state index contributed by atoms with van der Waals surface area (Å²) in [6.07, 6.45) is 0.356. The van der Waals surface area contributed by atoms with E-state index in [-0.39, 0.29) is 13.1 Å². The van der Waals surface area contributed by atoms with Crippen LogP contribution >= 0.6 is 0 Å². The van der Waals surface area contributed by atoms with Crippen molar-refractivity contribution in [2.75, 3.05) is 25.7 Å². The van der Waals surface area contributed by atoms with Crippen LogP contribution in [-0.2, 0) is 13.0 Å². The van der Waals surface area contributed by atoms with Crippen LogP contribution in [0.3, 0.4) is 0 Å². The zero-order valence-electron chi connectivity index (χ0n) is 13.4. The number of ether oxygens (including phenoxy) is 2. The summed E-state index contributed by atoms with van der Waals surface area (Å²) in [5, 5.41) is 0.